The van der Waals surface area contributed by atoms with E-state index in [1.807, 2.05) is 55.5 Å². The highest BCUT2D eigenvalue weighted by Crippen LogP contribution is 2.22. The number of rotatable bonds is 7. The third kappa shape index (κ3) is 4.93. The summed E-state index contributed by atoms with van der Waals surface area (Å²) in [6.45, 7) is 2.80. The summed E-state index contributed by atoms with van der Waals surface area (Å²) in [7, 11) is 0. The van der Waals surface area contributed by atoms with Gasteiger partial charge in [-0.1, -0.05) is 48.0 Å². The van der Waals surface area contributed by atoms with Crippen molar-refractivity contribution in [3.63, 3.8) is 0 Å². The Morgan fingerprint density at radius 2 is 1.55 bits per heavy atom. The van der Waals surface area contributed by atoms with Gasteiger partial charge in [0.15, 0.2) is 0 Å². The Labute approximate surface area is 180 Å². The number of para-hydroxylation sites is 1. The van der Waals surface area contributed by atoms with Crippen LogP contribution in [0.4, 0.5) is 5.69 Å². The van der Waals surface area contributed by atoms with Gasteiger partial charge in [0, 0.05) is 0 Å². The van der Waals surface area contributed by atoms with E-state index in [0.29, 0.717) is 30.2 Å². The van der Waals surface area contributed by atoms with E-state index in [4.69, 9.17) is 9.47 Å². The molecule has 6 nitrogen and oxygen atoms in total. The number of nitrogens with one attached hydrogen (secondary N) is 1. The Kier molecular flexibility index (Phi) is 5.98. The molecule has 0 aromatic heterocycles. The maximum atomic E-state index is 12.7. The normalized spacial score (nSPS) is 14.6. The molecule has 1 fully saturated rings. The molecule has 0 radical (unpaired) electrons. The summed E-state index contributed by atoms with van der Waals surface area (Å²) >= 11 is 0. The van der Waals surface area contributed by atoms with Crippen molar-refractivity contribution in [1.29, 1.82) is 0 Å². The van der Waals surface area contributed by atoms with Gasteiger partial charge in [-0.15, -0.1) is 0 Å². The molecule has 1 heterocycles. The fraction of sp³-hybridized carbons (Fsp3) is 0.120. The second-order valence-electron chi connectivity index (χ2n) is 7.06. The van der Waals surface area contributed by atoms with Crippen LogP contribution in [-0.4, -0.2) is 25.0 Å². The van der Waals surface area contributed by atoms with Gasteiger partial charge >= 0.3 is 0 Å². The van der Waals surface area contributed by atoms with Crippen LogP contribution in [0.15, 0.2) is 84.4 Å². The van der Waals surface area contributed by atoms with Gasteiger partial charge in [-0.05, 0) is 55.0 Å². The lowest BCUT2D eigenvalue weighted by molar-refractivity contribution is -0.117. The van der Waals surface area contributed by atoms with Gasteiger partial charge < -0.3 is 9.47 Å². The number of amides is 2. The van der Waals surface area contributed by atoms with Gasteiger partial charge in [0.1, 0.15) is 30.3 Å². The van der Waals surface area contributed by atoms with Gasteiger partial charge in [0.05, 0.1) is 5.69 Å². The number of hydrogen-bond donors (Lipinski definition) is 1. The molecule has 0 bridgehead atoms. The first-order valence-electron chi connectivity index (χ1n) is 9.95. The molecule has 0 aliphatic carbocycles. The molecule has 1 aliphatic rings. The second kappa shape index (κ2) is 9.17. The summed E-state index contributed by atoms with van der Waals surface area (Å²) < 4.78 is 11.4. The lowest BCUT2D eigenvalue weighted by Crippen LogP contribution is -2.35. The molecule has 3 aromatic rings. The zero-order chi connectivity index (χ0) is 21.6. The first kappa shape index (κ1) is 20.2. The average molecular weight is 414 g/mol. The predicted octanol–water partition coefficient (Wildman–Crippen LogP) is 3.91. The molecule has 2 amide bonds. The largest absolute Gasteiger partial charge is 0.490 e. The number of nitrogens with zero attached hydrogens (tertiary/aromatic N) is 1. The highest BCUT2D eigenvalue weighted by molar-refractivity contribution is 6.31. The Morgan fingerprint density at radius 1 is 0.839 bits per heavy atom. The Hall–Kier alpha value is -4.06. The third-order valence-electron chi connectivity index (χ3n) is 4.72. The van der Waals surface area contributed by atoms with Crippen molar-refractivity contribution in [1.82, 2.24) is 5.43 Å². The lowest BCUT2D eigenvalue weighted by Gasteiger charge is -2.13. The van der Waals surface area contributed by atoms with E-state index in [-0.39, 0.29) is 5.57 Å². The highest BCUT2D eigenvalue weighted by atomic mass is 16.5. The Morgan fingerprint density at radius 3 is 2.29 bits per heavy atom. The molecule has 1 aliphatic heterocycles. The molecule has 156 valence electrons. The van der Waals surface area contributed by atoms with Crippen molar-refractivity contribution in [3.8, 4) is 11.5 Å². The maximum Gasteiger partial charge on any atom is 0.282 e. The first-order chi connectivity index (χ1) is 15.1. The molecule has 0 atom stereocenters. The molecular formula is C25H22N2O4. The molecule has 31 heavy (non-hydrogen) atoms. The summed E-state index contributed by atoms with van der Waals surface area (Å²) in [4.78, 5) is 25.0. The van der Waals surface area contributed by atoms with Crippen molar-refractivity contribution in [3.05, 3.63) is 95.6 Å². The minimum absolute atomic E-state index is 0.0729. The summed E-state index contributed by atoms with van der Waals surface area (Å²) in [5, 5.41) is 1.25. The summed E-state index contributed by atoms with van der Waals surface area (Å²) in [5.41, 5.74) is 5.15. The smallest absolute Gasteiger partial charge is 0.282 e. The minimum Gasteiger partial charge on any atom is -0.490 e. The molecule has 6 heteroatoms. The van der Waals surface area contributed by atoms with E-state index in [1.54, 1.807) is 36.4 Å². The van der Waals surface area contributed by atoms with Crippen molar-refractivity contribution in [2.75, 3.05) is 18.2 Å². The first-order valence-corrected chi connectivity index (χ1v) is 9.95. The Bertz CT molecular complexity index is 1110. The number of hydrogen-bond acceptors (Lipinski definition) is 4. The minimum atomic E-state index is -0.438. The number of benzene rings is 3. The van der Waals surface area contributed by atoms with Gasteiger partial charge in [0.2, 0.25) is 0 Å². The summed E-state index contributed by atoms with van der Waals surface area (Å²) in [5.74, 6) is 0.592. The van der Waals surface area contributed by atoms with Crippen LogP contribution in [0.25, 0.3) is 6.08 Å². The number of aryl methyl sites for hydroxylation is 1. The topological polar surface area (TPSA) is 67.9 Å². The average Bonchev–Trinajstić information content (AvgIpc) is 3.07. The van der Waals surface area contributed by atoms with Crippen molar-refractivity contribution in [2.24, 2.45) is 0 Å². The van der Waals surface area contributed by atoms with E-state index in [0.717, 1.165) is 5.75 Å². The van der Waals surface area contributed by atoms with E-state index < -0.39 is 11.8 Å². The van der Waals surface area contributed by atoms with Crippen LogP contribution >= 0.6 is 0 Å². The molecular weight excluding hydrogens is 392 g/mol. The number of ether oxygens (including phenoxy) is 2. The van der Waals surface area contributed by atoms with Crippen LogP contribution in [-0.2, 0) is 9.59 Å². The fourth-order valence-electron chi connectivity index (χ4n) is 3.13. The van der Waals surface area contributed by atoms with Gasteiger partial charge in [-0.25, -0.2) is 5.01 Å². The van der Waals surface area contributed by atoms with Crippen molar-refractivity contribution >= 4 is 23.6 Å². The van der Waals surface area contributed by atoms with E-state index in [1.165, 1.54) is 10.6 Å². The number of anilines is 1. The monoisotopic (exact) mass is 414 g/mol. The predicted molar refractivity (Wildman–Crippen MR) is 119 cm³/mol. The van der Waals surface area contributed by atoms with Gasteiger partial charge in [-0.2, -0.15) is 0 Å². The van der Waals surface area contributed by atoms with E-state index >= 15 is 0 Å². The number of hydrazine groups is 1. The Balaban J connectivity index is 1.38. The van der Waals surface area contributed by atoms with Crippen LogP contribution in [0, 0.1) is 6.92 Å². The number of carbonyl (C=O) groups excluding carboxylic acids is 2. The van der Waals surface area contributed by atoms with Gasteiger partial charge in [-0.3, -0.25) is 15.0 Å². The van der Waals surface area contributed by atoms with E-state index in [2.05, 4.69) is 5.43 Å². The lowest BCUT2D eigenvalue weighted by atomic mass is 10.1. The molecule has 1 N–H and O–H groups in total. The fourth-order valence-corrected chi connectivity index (χ4v) is 3.13. The van der Waals surface area contributed by atoms with Crippen LogP contribution in [0.3, 0.4) is 0 Å². The zero-order valence-corrected chi connectivity index (χ0v) is 17.1. The zero-order valence-electron chi connectivity index (χ0n) is 17.1. The molecule has 4 rings (SSSR count). The van der Waals surface area contributed by atoms with Crippen LogP contribution < -0.4 is 19.9 Å². The van der Waals surface area contributed by atoms with Crippen molar-refractivity contribution in [2.45, 2.75) is 6.92 Å². The highest BCUT2D eigenvalue weighted by Gasteiger charge is 2.34. The van der Waals surface area contributed by atoms with Crippen LogP contribution in [0.1, 0.15) is 11.1 Å². The quantitative estimate of drug-likeness (QED) is 0.362. The standard InChI is InChI=1S/C25H22N2O4/c1-18-10-12-21(13-11-18)30-14-15-31-22-9-5-6-19(16-22)17-23-24(28)26-27(25(23)29)20-7-3-2-4-8-20/h2-13,16-17H,14-15H2,1H3,(H,26,28)/b23-17+. The molecule has 0 spiro atoms. The molecule has 1 saturated heterocycles. The van der Waals surface area contributed by atoms with Crippen LogP contribution in [0.2, 0.25) is 0 Å². The SMILES string of the molecule is Cc1ccc(OCCOc2cccc(/C=C3\C(=O)NN(c4ccccc4)C3=O)c2)cc1. The maximum absolute atomic E-state index is 12.7. The summed E-state index contributed by atoms with van der Waals surface area (Å²) in [6, 6.07) is 24.0. The van der Waals surface area contributed by atoms with E-state index in [9.17, 15) is 9.59 Å². The third-order valence-corrected chi connectivity index (χ3v) is 4.72. The second-order valence-corrected chi connectivity index (χ2v) is 7.06. The van der Waals surface area contributed by atoms with Crippen LogP contribution in [0.5, 0.6) is 11.5 Å². The molecule has 3 aromatic carbocycles. The number of carbonyl (C=O) groups is 2. The summed E-state index contributed by atoms with van der Waals surface area (Å²) in [6.07, 6.45) is 1.57. The van der Waals surface area contributed by atoms with Gasteiger partial charge in [0.25, 0.3) is 11.8 Å². The molecule has 0 saturated carbocycles. The molecule has 0 unspecified atom stereocenters. The van der Waals surface area contributed by atoms with Crippen molar-refractivity contribution < 1.29 is 19.1 Å².